The van der Waals surface area contributed by atoms with Gasteiger partial charge in [0.25, 0.3) is 11.7 Å². The van der Waals surface area contributed by atoms with Crippen molar-refractivity contribution in [2.24, 2.45) is 0 Å². The first kappa shape index (κ1) is 16.0. The molecule has 1 saturated carbocycles. The molecule has 0 unspecified atom stereocenters. The molecule has 4 heterocycles. The third-order valence-electron chi connectivity index (χ3n) is 5.75. The van der Waals surface area contributed by atoms with Crippen molar-refractivity contribution in [3.8, 4) is 0 Å². The van der Waals surface area contributed by atoms with Crippen LogP contribution in [-0.4, -0.2) is 20.9 Å². The predicted octanol–water partition coefficient (Wildman–Crippen LogP) is 2.55. The van der Waals surface area contributed by atoms with Crippen LogP contribution in [0.25, 0.3) is 11.0 Å². The van der Waals surface area contributed by atoms with E-state index in [-0.39, 0.29) is 5.91 Å². The number of rotatable bonds is 2. The summed E-state index contributed by atoms with van der Waals surface area (Å²) in [6, 6.07) is 3.58. The SMILES string of the molecule is Cc1cc(Nc2ncnc3[nH]ccc23)[n+]([O-])c2c1C(=O)NC21CCCCC1. The Kier molecular flexibility index (Phi) is 3.37. The van der Waals surface area contributed by atoms with Crippen molar-refractivity contribution in [2.45, 2.75) is 44.6 Å². The Morgan fingerprint density at radius 2 is 2.07 bits per heavy atom. The third-order valence-corrected chi connectivity index (χ3v) is 5.75. The van der Waals surface area contributed by atoms with E-state index in [1.165, 1.54) is 6.33 Å². The number of hydrogen-bond acceptors (Lipinski definition) is 5. The summed E-state index contributed by atoms with van der Waals surface area (Å²) in [5.74, 6) is 0.782. The molecule has 0 saturated heterocycles. The lowest BCUT2D eigenvalue weighted by atomic mass is 9.79. The molecule has 2 aliphatic rings. The molecule has 0 radical (unpaired) electrons. The molecule has 8 nitrogen and oxygen atoms in total. The van der Waals surface area contributed by atoms with Gasteiger partial charge in [0, 0.05) is 12.3 Å². The highest BCUT2D eigenvalue weighted by Gasteiger charge is 2.48. The molecule has 0 aromatic carbocycles. The van der Waals surface area contributed by atoms with Crippen LogP contribution in [0.5, 0.6) is 0 Å². The molecule has 8 heteroatoms. The normalized spacial score (nSPS) is 17.9. The van der Waals surface area contributed by atoms with E-state index in [1.807, 2.05) is 13.0 Å². The number of carbonyl (C=O) groups excluding carboxylic acids is 1. The Morgan fingerprint density at radius 3 is 2.89 bits per heavy atom. The van der Waals surface area contributed by atoms with Gasteiger partial charge < -0.3 is 15.5 Å². The fraction of sp³-hybridized carbons (Fsp3) is 0.368. The van der Waals surface area contributed by atoms with Crippen molar-refractivity contribution < 1.29 is 9.52 Å². The molecule has 1 aliphatic heterocycles. The van der Waals surface area contributed by atoms with Gasteiger partial charge in [0.1, 0.15) is 23.2 Å². The van der Waals surface area contributed by atoms with Crippen LogP contribution < -0.4 is 15.4 Å². The van der Waals surface area contributed by atoms with Crippen LogP contribution >= 0.6 is 0 Å². The summed E-state index contributed by atoms with van der Waals surface area (Å²) >= 11 is 0. The van der Waals surface area contributed by atoms with Crippen molar-refractivity contribution in [2.75, 3.05) is 5.32 Å². The summed E-state index contributed by atoms with van der Waals surface area (Å²) in [5.41, 5.74) is 2.01. The number of fused-ring (bicyclic) bond motifs is 3. The Labute approximate surface area is 155 Å². The number of nitrogens with zero attached hydrogens (tertiary/aromatic N) is 3. The second kappa shape index (κ2) is 5.67. The maximum Gasteiger partial charge on any atom is 0.284 e. The molecule has 27 heavy (non-hydrogen) atoms. The van der Waals surface area contributed by atoms with E-state index in [0.717, 1.165) is 47.8 Å². The summed E-state index contributed by atoms with van der Waals surface area (Å²) in [5, 5.41) is 20.4. The minimum atomic E-state index is -0.552. The Hall–Kier alpha value is -3.16. The minimum Gasteiger partial charge on any atom is -0.710 e. The summed E-state index contributed by atoms with van der Waals surface area (Å²) < 4.78 is 0.881. The highest BCUT2D eigenvalue weighted by atomic mass is 16.5. The van der Waals surface area contributed by atoms with Crippen LogP contribution in [-0.2, 0) is 5.54 Å². The molecule has 0 atom stereocenters. The highest BCUT2D eigenvalue weighted by molar-refractivity contribution is 6.00. The van der Waals surface area contributed by atoms with E-state index >= 15 is 0 Å². The van der Waals surface area contributed by atoms with Crippen molar-refractivity contribution in [3.05, 3.63) is 46.7 Å². The van der Waals surface area contributed by atoms with Crippen LogP contribution in [0.3, 0.4) is 0 Å². The molecule has 5 rings (SSSR count). The fourth-order valence-electron chi connectivity index (χ4n) is 4.50. The number of nitrogens with one attached hydrogen (secondary N) is 3. The van der Waals surface area contributed by atoms with Crippen molar-refractivity contribution in [1.82, 2.24) is 20.3 Å². The fourth-order valence-corrected chi connectivity index (χ4v) is 4.50. The van der Waals surface area contributed by atoms with Crippen molar-refractivity contribution in [3.63, 3.8) is 0 Å². The number of hydrogen-bond donors (Lipinski definition) is 3. The van der Waals surface area contributed by atoms with Gasteiger partial charge in [0.2, 0.25) is 5.82 Å². The van der Waals surface area contributed by atoms with Crippen molar-refractivity contribution >= 4 is 28.6 Å². The largest absolute Gasteiger partial charge is 0.710 e. The third kappa shape index (κ3) is 2.29. The highest BCUT2D eigenvalue weighted by Crippen LogP contribution is 2.42. The summed E-state index contributed by atoms with van der Waals surface area (Å²) in [4.78, 5) is 24.1. The van der Waals surface area contributed by atoms with Crippen LogP contribution in [0.4, 0.5) is 11.6 Å². The first-order chi connectivity index (χ1) is 13.1. The smallest absolute Gasteiger partial charge is 0.284 e. The number of aromatic nitrogens is 4. The number of pyridine rings is 1. The van der Waals surface area contributed by atoms with E-state index in [2.05, 4.69) is 25.6 Å². The van der Waals surface area contributed by atoms with Gasteiger partial charge in [-0.3, -0.25) is 4.79 Å². The van der Waals surface area contributed by atoms with Crippen molar-refractivity contribution in [1.29, 1.82) is 0 Å². The van der Waals surface area contributed by atoms with Crippen LogP contribution in [0.15, 0.2) is 24.7 Å². The minimum absolute atomic E-state index is 0.143. The van der Waals surface area contributed by atoms with E-state index in [1.54, 1.807) is 12.3 Å². The van der Waals surface area contributed by atoms with Crippen LogP contribution in [0.1, 0.15) is 53.7 Å². The van der Waals surface area contributed by atoms with Crippen LogP contribution in [0.2, 0.25) is 0 Å². The summed E-state index contributed by atoms with van der Waals surface area (Å²) in [7, 11) is 0. The molecule has 1 spiro atoms. The molecule has 138 valence electrons. The van der Waals surface area contributed by atoms with Gasteiger partial charge in [-0.2, -0.15) is 4.98 Å². The van der Waals surface area contributed by atoms with Gasteiger partial charge in [-0.05, 0) is 31.4 Å². The molecular weight excluding hydrogens is 344 g/mol. The monoisotopic (exact) mass is 364 g/mol. The zero-order valence-electron chi connectivity index (χ0n) is 15.0. The van der Waals surface area contributed by atoms with Gasteiger partial charge in [-0.15, -0.1) is 0 Å². The first-order valence-electron chi connectivity index (χ1n) is 9.24. The molecule has 1 fully saturated rings. The van der Waals surface area contributed by atoms with Gasteiger partial charge in [0.15, 0.2) is 0 Å². The standard InChI is InChI=1S/C19H20N6O2/c1-11-9-13(23-17-12-5-8-20-16(12)21-10-22-17)25(27)15-14(11)18(26)24-19(15)6-3-2-4-7-19/h5,8-10H,2-4,6-7H2,1H3,(H,24,26)(H2,20,21,22,23). The number of H-pyrrole nitrogens is 1. The second-order valence-electron chi connectivity index (χ2n) is 7.41. The predicted molar refractivity (Wildman–Crippen MR) is 99.5 cm³/mol. The van der Waals surface area contributed by atoms with E-state index in [0.29, 0.717) is 28.5 Å². The molecule has 1 amide bonds. The van der Waals surface area contributed by atoms with Crippen LogP contribution in [0, 0.1) is 12.1 Å². The molecule has 3 aromatic heterocycles. The van der Waals surface area contributed by atoms with Gasteiger partial charge >= 0.3 is 0 Å². The maximum absolute atomic E-state index is 13.3. The lowest BCUT2D eigenvalue weighted by Crippen LogP contribution is -2.49. The first-order valence-corrected chi connectivity index (χ1v) is 9.24. The molecular formula is C19H20N6O2. The summed E-state index contributed by atoms with van der Waals surface area (Å²) in [6.45, 7) is 1.87. The number of carbonyl (C=O) groups is 1. The number of anilines is 2. The zero-order valence-corrected chi connectivity index (χ0v) is 15.0. The molecule has 3 aromatic rings. The number of aromatic amines is 1. The Morgan fingerprint density at radius 1 is 1.26 bits per heavy atom. The average Bonchev–Trinajstić information content (AvgIpc) is 3.24. The van der Waals surface area contributed by atoms with Gasteiger partial charge in [-0.25, -0.2) is 15.0 Å². The molecule has 1 aliphatic carbocycles. The zero-order chi connectivity index (χ0) is 18.6. The Balaban J connectivity index is 1.65. The van der Waals surface area contributed by atoms with E-state index < -0.39 is 5.54 Å². The molecule has 0 bridgehead atoms. The maximum atomic E-state index is 13.3. The lowest BCUT2D eigenvalue weighted by Gasteiger charge is -2.34. The van der Waals surface area contributed by atoms with Gasteiger partial charge in [-0.1, -0.05) is 19.3 Å². The van der Waals surface area contributed by atoms with E-state index in [9.17, 15) is 10.0 Å². The number of amides is 1. The number of aryl methyl sites for hydroxylation is 1. The molecule has 3 N–H and O–H groups in total. The lowest BCUT2D eigenvalue weighted by molar-refractivity contribution is -0.603. The second-order valence-corrected chi connectivity index (χ2v) is 7.41. The topological polar surface area (TPSA) is 110 Å². The summed E-state index contributed by atoms with van der Waals surface area (Å²) in [6.07, 6.45) is 7.97. The average molecular weight is 364 g/mol. The van der Waals surface area contributed by atoms with Gasteiger partial charge in [0.05, 0.1) is 10.9 Å². The Bertz CT molecular complexity index is 1070. The van der Waals surface area contributed by atoms with E-state index in [4.69, 9.17) is 0 Å². The quantitative estimate of drug-likeness (QED) is 0.478.